The highest BCUT2D eigenvalue weighted by molar-refractivity contribution is 5.19. The molecule has 3 heteroatoms. The van der Waals surface area contributed by atoms with Gasteiger partial charge in [0.2, 0.25) is 0 Å². The Kier molecular flexibility index (Phi) is 3.05. The van der Waals surface area contributed by atoms with Crippen molar-refractivity contribution in [2.24, 2.45) is 5.73 Å². The number of aromatic nitrogens is 2. The molecule has 0 radical (unpaired) electrons. The maximum Gasteiger partial charge on any atom is 0.0605 e. The lowest BCUT2D eigenvalue weighted by atomic mass is 10.0. The first-order chi connectivity index (χ1) is 7.36. The maximum absolute atomic E-state index is 6.06. The molecule has 0 aliphatic heterocycles. The Bertz CT molecular complexity index is 400. The summed E-state index contributed by atoms with van der Waals surface area (Å²) in [6, 6.07) is 10.0. The fourth-order valence-corrected chi connectivity index (χ4v) is 1.48. The summed E-state index contributed by atoms with van der Waals surface area (Å²) in [6.07, 6.45) is 5.82. The Morgan fingerprint density at radius 2 is 1.93 bits per heavy atom. The minimum atomic E-state index is -0.0112. The summed E-state index contributed by atoms with van der Waals surface area (Å²) in [6.45, 7) is 0. The fraction of sp³-hybridized carbons (Fsp3) is 0.167. The Balaban J connectivity index is 2.08. The van der Waals surface area contributed by atoms with Gasteiger partial charge < -0.3 is 5.73 Å². The van der Waals surface area contributed by atoms with Gasteiger partial charge in [-0.25, -0.2) is 0 Å². The third-order valence-corrected chi connectivity index (χ3v) is 2.27. The van der Waals surface area contributed by atoms with Gasteiger partial charge in [0, 0.05) is 31.1 Å². The van der Waals surface area contributed by atoms with Crippen LogP contribution in [0.15, 0.2) is 48.9 Å². The summed E-state index contributed by atoms with van der Waals surface area (Å²) in [7, 11) is 0. The van der Waals surface area contributed by atoms with Crippen LogP contribution in [0.1, 0.15) is 17.3 Å². The topological polar surface area (TPSA) is 51.8 Å². The molecule has 15 heavy (non-hydrogen) atoms. The SMILES string of the molecule is NC(Cc1cnccn1)c1ccccc1. The summed E-state index contributed by atoms with van der Waals surface area (Å²) in [4.78, 5) is 8.22. The fourth-order valence-electron chi connectivity index (χ4n) is 1.48. The minimum Gasteiger partial charge on any atom is -0.324 e. The monoisotopic (exact) mass is 199 g/mol. The number of benzene rings is 1. The lowest BCUT2D eigenvalue weighted by molar-refractivity contribution is 0.703. The predicted octanol–water partition coefficient (Wildman–Crippen LogP) is 1.72. The quantitative estimate of drug-likeness (QED) is 0.818. The second kappa shape index (κ2) is 4.66. The lowest BCUT2D eigenvalue weighted by Crippen LogP contribution is -2.13. The van der Waals surface area contributed by atoms with Gasteiger partial charge in [-0.2, -0.15) is 0 Å². The molecule has 0 amide bonds. The summed E-state index contributed by atoms with van der Waals surface area (Å²) in [5, 5.41) is 0. The Morgan fingerprint density at radius 1 is 1.13 bits per heavy atom. The highest BCUT2D eigenvalue weighted by Crippen LogP contribution is 2.13. The summed E-state index contributed by atoms with van der Waals surface area (Å²) >= 11 is 0. The second-order valence-corrected chi connectivity index (χ2v) is 3.42. The average Bonchev–Trinajstić information content (AvgIpc) is 2.31. The van der Waals surface area contributed by atoms with Gasteiger partial charge in [-0.3, -0.25) is 9.97 Å². The Hall–Kier alpha value is -1.74. The van der Waals surface area contributed by atoms with E-state index in [1.54, 1.807) is 18.6 Å². The molecule has 0 aliphatic carbocycles. The molecular weight excluding hydrogens is 186 g/mol. The van der Waals surface area contributed by atoms with E-state index in [9.17, 15) is 0 Å². The number of nitrogens with two attached hydrogens (primary N) is 1. The van der Waals surface area contributed by atoms with E-state index < -0.39 is 0 Å². The molecule has 3 nitrogen and oxygen atoms in total. The number of hydrogen-bond donors (Lipinski definition) is 1. The molecule has 0 aliphatic rings. The van der Waals surface area contributed by atoms with E-state index in [2.05, 4.69) is 9.97 Å². The van der Waals surface area contributed by atoms with E-state index in [0.717, 1.165) is 17.7 Å². The molecule has 76 valence electrons. The van der Waals surface area contributed by atoms with E-state index >= 15 is 0 Å². The third-order valence-electron chi connectivity index (χ3n) is 2.27. The molecule has 2 N–H and O–H groups in total. The third kappa shape index (κ3) is 2.60. The van der Waals surface area contributed by atoms with Gasteiger partial charge in [-0.1, -0.05) is 30.3 Å². The highest BCUT2D eigenvalue weighted by atomic mass is 14.8. The van der Waals surface area contributed by atoms with Gasteiger partial charge in [-0.05, 0) is 5.56 Å². The number of rotatable bonds is 3. The molecule has 0 spiro atoms. The van der Waals surface area contributed by atoms with Crippen LogP contribution in [0.4, 0.5) is 0 Å². The van der Waals surface area contributed by atoms with Gasteiger partial charge in [0.1, 0.15) is 0 Å². The van der Waals surface area contributed by atoms with Crippen LogP contribution in [0.3, 0.4) is 0 Å². The average molecular weight is 199 g/mol. The smallest absolute Gasteiger partial charge is 0.0605 e. The number of nitrogens with zero attached hydrogens (tertiary/aromatic N) is 2. The van der Waals surface area contributed by atoms with Gasteiger partial charge in [-0.15, -0.1) is 0 Å². The second-order valence-electron chi connectivity index (χ2n) is 3.42. The molecule has 0 bridgehead atoms. The molecule has 2 rings (SSSR count). The first-order valence-corrected chi connectivity index (χ1v) is 4.91. The van der Waals surface area contributed by atoms with Crippen molar-refractivity contribution < 1.29 is 0 Å². The van der Waals surface area contributed by atoms with Crippen molar-refractivity contribution in [1.82, 2.24) is 9.97 Å². The van der Waals surface area contributed by atoms with Gasteiger partial charge >= 0.3 is 0 Å². The number of hydrogen-bond acceptors (Lipinski definition) is 3. The molecule has 1 heterocycles. The zero-order chi connectivity index (χ0) is 10.5. The van der Waals surface area contributed by atoms with Crippen LogP contribution < -0.4 is 5.73 Å². The van der Waals surface area contributed by atoms with E-state index in [-0.39, 0.29) is 6.04 Å². The molecule has 1 aromatic carbocycles. The van der Waals surface area contributed by atoms with Crippen LogP contribution in [0.5, 0.6) is 0 Å². The largest absolute Gasteiger partial charge is 0.324 e. The molecular formula is C12H13N3. The summed E-state index contributed by atoms with van der Waals surface area (Å²) in [5.74, 6) is 0. The highest BCUT2D eigenvalue weighted by Gasteiger charge is 2.06. The van der Waals surface area contributed by atoms with Crippen molar-refractivity contribution in [3.8, 4) is 0 Å². The first-order valence-electron chi connectivity index (χ1n) is 4.91. The summed E-state index contributed by atoms with van der Waals surface area (Å²) < 4.78 is 0. The van der Waals surface area contributed by atoms with E-state index in [1.807, 2.05) is 30.3 Å². The van der Waals surface area contributed by atoms with Crippen LogP contribution in [0, 0.1) is 0 Å². The van der Waals surface area contributed by atoms with Crippen molar-refractivity contribution in [2.45, 2.75) is 12.5 Å². The molecule has 0 saturated heterocycles. The Labute approximate surface area is 89.0 Å². The zero-order valence-electron chi connectivity index (χ0n) is 8.38. The predicted molar refractivity (Wildman–Crippen MR) is 59.1 cm³/mol. The van der Waals surface area contributed by atoms with Crippen LogP contribution >= 0.6 is 0 Å². The Morgan fingerprint density at radius 3 is 2.60 bits per heavy atom. The first kappa shape index (κ1) is 9.80. The van der Waals surface area contributed by atoms with Crippen molar-refractivity contribution in [3.63, 3.8) is 0 Å². The van der Waals surface area contributed by atoms with E-state index in [0.29, 0.717) is 0 Å². The summed E-state index contributed by atoms with van der Waals surface area (Å²) in [5.41, 5.74) is 8.11. The van der Waals surface area contributed by atoms with Crippen LogP contribution in [-0.4, -0.2) is 9.97 Å². The van der Waals surface area contributed by atoms with Crippen molar-refractivity contribution in [2.75, 3.05) is 0 Å². The van der Waals surface area contributed by atoms with Gasteiger partial charge in [0.05, 0.1) is 5.69 Å². The molecule has 1 unspecified atom stereocenters. The normalized spacial score (nSPS) is 12.3. The molecule has 1 atom stereocenters. The van der Waals surface area contributed by atoms with Crippen LogP contribution in [0.2, 0.25) is 0 Å². The van der Waals surface area contributed by atoms with Crippen molar-refractivity contribution >= 4 is 0 Å². The van der Waals surface area contributed by atoms with Crippen molar-refractivity contribution in [1.29, 1.82) is 0 Å². The van der Waals surface area contributed by atoms with Crippen molar-refractivity contribution in [3.05, 3.63) is 60.2 Å². The molecule has 1 aromatic heterocycles. The zero-order valence-corrected chi connectivity index (χ0v) is 8.38. The van der Waals surface area contributed by atoms with Crippen LogP contribution in [-0.2, 0) is 6.42 Å². The lowest BCUT2D eigenvalue weighted by Gasteiger charge is -2.10. The van der Waals surface area contributed by atoms with E-state index in [1.165, 1.54) is 0 Å². The molecule has 2 aromatic rings. The molecule has 0 saturated carbocycles. The minimum absolute atomic E-state index is 0.0112. The molecule has 0 fully saturated rings. The van der Waals surface area contributed by atoms with Crippen LogP contribution in [0.25, 0.3) is 0 Å². The van der Waals surface area contributed by atoms with Gasteiger partial charge in [0.25, 0.3) is 0 Å². The maximum atomic E-state index is 6.06. The van der Waals surface area contributed by atoms with E-state index in [4.69, 9.17) is 5.73 Å². The standard InChI is InChI=1S/C12H13N3/c13-12(10-4-2-1-3-5-10)8-11-9-14-6-7-15-11/h1-7,9,12H,8,13H2. The van der Waals surface area contributed by atoms with Gasteiger partial charge in [0.15, 0.2) is 0 Å².